The van der Waals surface area contributed by atoms with Crippen LogP contribution in [0.15, 0.2) is 35.5 Å². The van der Waals surface area contributed by atoms with E-state index in [9.17, 15) is 13.2 Å². The van der Waals surface area contributed by atoms with Gasteiger partial charge in [0, 0.05) is 32.9 Å². The fraction of sp³-hybridized carbons (Fsp3) is 0.474. The largest absolute Gasteiger partial charge is 0.497 e. The normalized spacial score (nSPS) is 15.8. The van der Waals surface area contributed by atoms with E-state index in [0.717, 1.165) is 31.2 Å². The molecule has 0 unspecified atom stereocenters. The Balaban J connectivity index is 1.79. The maximum absolute atomic E-state index is 13.1. The van der Waals surface area contributed by atoms with Gasteiger partial charge in [0.15, 0.2) is 0 Å². The quantitative estimate of drug-likeness (QED) is 0.791. The Labute approximate surface area is 165 Å². The summed E-state index contributed by atoms with van der Waals surface area (Å²) in [4.78, 5) is 12.7. The number of benzene rings is 1. The van der Waals surface area contributed by atoms with Gasteiger partial charge in [-0.1, -0.05) is 25.0 Å². The summed E-state index contributed by atoms with van der Waals surface area (Å²) in [5.74, 6) is 0.224. The SMILES string of the molecule is COc1cccc(CNC(=O)c2cn(C)nc2S(=O)(=O)N2CCCCCC2)c1. The number of nitrogens with one attached hydrogen (secondary N) is 1. The van der Waals surface area contributed by atoms with E-state index >= 15 is 0 Å². The Bertz CT molecular complexity index is 931. The summed E-state index contributed by atoms with van der Waals surface area (Å²) in [5.41, 5.74) is 0.920. The smallest absolute Gasteiger partial charge is 0.263 e. The highest BCUT2D eigenvalue weighted by Gasteiger charge is 2.32. The number of ether oxygens (including phenoxy) is 1. The number of carbonyl (C=O) groups is 1. The minimum Gasteiger partial charge on any atom is -0.497 e. The summed E-state index contributed by atoms with van der Waals surface area (Å²) in [5, 5.41) is 6.69. The molecule has 0 saturated carbocycles. The van der Waals surface area contributed by atoms with Crippen molar-refractivity contribution in [1.29, 1.82) is 0 Å². The molecule has 1 N–H and O–H groups in total. The molecular weight excluding hydrogens is 380 g/mol. The predicted molar refractivity (Wildman–Crippen MR) is 105 cm³/mol. The van der Waals surface area contributed by atoms with E-state index in [1.54, 1.807) is 14.2 Å². The molecule has 1 saturated heterocycles. The van der Waals surface area contributed by atoms with Crippen LogP contribution in [0.1, 0.15) is 41.6 Å². The fourth-order valence-electron chi connectivity index (χ4n) is 3.28. The van der Waals surface area contributed by atoms with Gasteiger partial charge in [0.2, 0.25) is 5.03 Å². The summed E-state index contributed by atoms with van der Waals surface area (Å²) in [6.45, 7) is 1.18. The summed E-state index contributed by atoms with van der Waals surface area (Å²) >= 11 is 0. The van der Waals surface area contributed by atoms with Crippen molar-refractivity contribution in [3.05, 3.63) is 41.6 Å². The highest BCUT2D eigenvalue weighted by Crippen LogP contribution is 2.22. The maximum Gasteiger partial charge on any atom is 0.263 e. The summed E-state index contributed by atoms with van der Waals surface area (Å²) in [6, 6.07) is 7.33. The van der Waals surface area contributed by atoms with E-state index in [1.807, 2.05) is 24.3 Å². The maximum atomic E-state index is 13.1. The van der Waals surface area contributed by atoms with E-state index < -0.39 is 15.9 Å². The number of aryl methyl sites for hydroxylation is 1. The Kier molecular flexibility index (Phi) is 6.35. The Morgan fingerprint density at radius 2 is 1.93 bits per heavy atom. The topological polar surface area (TPSA) is 93.5 Å². The molecule has 8 nitrogen and oxygen atoms in total. The monoisotopic (exact) mass is 406 g/mol. The standard InChI is InChI=1S/C19H26N4O4S/c1-22-14-17(18(24)20-13-15-8-7-9-16(12-15)27-2)19(21-22)28(25,26)23-10-5-3-4-6-11-23/h7-9,12,14H,3-6,10-11,13H2,1-2H3,(H,20,24). The molecule has 0 aliphatic carbocycles. The number of amides is 1. The molecule has 1 amide bonds. The third-order valence-corrected chi connectivity index (χ3v) is 6.61. The first-order chi connectivity index (χ1) is 13.4. The number of aromatic nitrogens is 2. The predicted octanol–water partition coefficient (Wildman–Crippen LogP) is 1.92. The molecule has 0 bridgehead atoms. The van der Waals surface area contributed by atoms with E-state index in [0.29, 0.717) is 18.8 Å². The van der Waals surface area contributed by atoms with Crippen LogP contribution in [0.3, 0.4) is 0 Å². The van der Waals surface area contributed by atoms with Gasteiger partial charge in [0.1, 0.15) is 5.75 Å². The minimum atomic E-state index is -3.81. The molecule has 1 aliphatic heterocycles. The van der Waals surface area contributed by atoms with Crippen LogP contribution in [0.2, 0.25) is 0 Å². The average Bonchev–Trinajstić information content (AvgIpc) is 2.91. The molecule has 1 fully saturated rings. The molecule has 1 aromatic heterocycles. The molecule has 0 spiro atoms. The lowest BCUT2D eigenvalue weighted by Crippen LogP contribution is -2.34. The second-order valence-electron chi connectivity index (χ2n) is 6.87. The van der Waals surface area contributed by atoms with E-state index in [2.05, 4.69) is 10.4 Å². The van der Waals surface area contributed by atoms with E-state index in [1.165, 1.54) is 15.2 Å². The molecular formula is C19H26N4O4S. The van der Waals surface area contributed by atoms with Crippen molar-refractivity contribution in [2.45, 2.75) is 37.3 Å². The zero-order chi connectivity index (χ0) is 20.1. The van der Waals surface area contributed by atoms with Gasteiger partial charge in [0.25, 0.3) is 15.9 Å². The van der Waals surface area contributed by atoms with Crippen LogP contribution >= 0.6 is 0 Å². The number of rotatable bonds is 6. The van der Waals surface area contributed by atoms with Gasteiger partial charge >= 0.3 is 0 Å². The van der Waals surface area contributed by atoms with Crippen molar-refractivity contribution >= 4 is 15.9 Å². The first-order valence-corrected chi connectivity index (χ1v) is 10.8. The number of hydrogen-bond acceptors (Lipinski definition) is 5. The second kappa shape index (κ2) is 8.74. The molecule has 2 heterocycles. The highest BCUT2D eigenvalue weighted by molar-refractivity contribution is 7.89. The summed E-state index contributed by atoms with van der Waals surface area (Å²) in [7, 11) is -0.625. The van der Waals surface area contributed by atoms with Crippen molar-refractivity contribution < 1.29 is 17.9 Å². The van der Waals surface area contributed by atoms with Gasteiger partial charge in [-0.15, -0.1) is 0 Å². The van der Waals surface area contributed by atoms with Gasteiger partial charge in [-0.2, -0.15) is 9.40 Å². The Morgan fingerprint density at radius 3 is 2.61 bits per heavy atom. The molecule has 1 aliphatic rings. The molecule has 2 aromatic rings. The molecule has 0 radical (unpaired) electrons. The van der Waals surface area contributed by atoms with Crippen LogP contribution in [0, 0.1) is 0 Å². The fourth-order valence-corrected chi connectivity index (χ4v) is 4.92. The van der Waals surface area contributed by atoms with Gasteiger partial charge in [0.05, 0.1) is 12.7 Å². The molecule has 0 atom stereocenters. The number of nitrogens with zero attached hydrogens (tertiary/aromatic N) is 3. The van der Waals surface area contributed by atoms with Gasteiger partial charge in [-0.3, -0.25) is 9.48 Å². The van der Waals surface area contributed by atoms with Crippen LogP contribution < -0.4 is 10.1 Å². The number of hydrogen-bond donors (Lipinski definition) is 1. The first kappa shape index (κ1) is 20.3. The zero-order valence-corrected chi connectivity index (χ0v) is 17.0. The lowest BCUT2D eigenvalue weighted by atomic mass is 10.2. The zero-order valence-electron chi connectivity index (χ0n) is 16.2. The molecule has 1 aromatic carbocycles. The van der Waals surface area contributed by atoms with Crippen molar-refractivity contribution in [2.75, 3.05) is 20.2 Å². The lowest BCUT2D eigenvalue weighted by molar-refractivity contribution is 0.0947. The minimum absolute atomic E-state index is 0.0645. The molecule has 152 valence electrons. The van der Waals surface area contributed by atoms with Crippen LogP contribution in [-0.2, 0) is 23.6 Å². The third kappa shape index (κ3) is 4.53. The van der Waals surface area contributed by atoms with Crippen molar-refractivity contribution in [1.82, 2.24) is 19.4 Å². The summed E-state index contributed by atoms with van der Waals surface area (Å²) in [6.07, 6.45) is 5.13. The first-order valence-electron chi connectivity index (χ1n) is 9.37. The molecule has 28 heavy (non-hydrogen) atoms. The van der Waals surface area contributed by atoms with Crippen LogP contribution in [0.5, 0.6) is 5.75 Å². The average molecular weight is 407 g/mol. The van der Waals surface area contributed by atoms with Crippen LogP contribution in [0.25, 0.3) is 0 Å². The van der Waals surface area contributed by atoms with Crippen LogP contribution in [0.4, 0.5) is 0 Å². The summed E-state index contributed by atoms with van der Waals surface area (Å²) < 4.78 is 34.2. The lowest BCUT2D eigenvalue weighted by Gasteiger charge is -2.19. The van der Waals surface area contributed by atoms with Crippen molar-refractivity contribution in [3.63, 3.8) is 0 Å². The third-order valence-electron chi connectivity index (χ3n) is 4.78. The van der Waals surface area contributed by atoms with E-state index in [4.69, 9.17) is 4.74 Å². The Hall–Kier alpha value is -2.39. The molecule has 9 heteroatoms. The highest BCUT2D eigenvalue weighted by atomic mass is 32.2. The Morgan fingerprint density at radius 1 is 1.21 bits per heavy atom. The van der Waals surface area contributed by atoms with Gasteiger partial charge in [-0.25, -0.2) is 8.42 Å². The van der Waals surface area contributed by atoms with Gasteiger partial charge < -0.3 is 10.1 Å². The van der Waals surface area contributed by atoms with E-state index in [-0.39, 0.29) is 17.1 Å². The number of methoxy groups -OCH3 is 1. The van der Waals surface area contributed by atoms with Crippen molar-refractivity contribution in [3.8, 4) is 5.75 Å². The van der Waals surface area contributed by atoms with Crippen LogP contribution in [-0.4, -0.2) is 48.6 Å². The van der Waals surface area contributed by atoms with Crippen molar-refractivity contribution in [2.24, 2.45) is 7.05 Å². The van der Waals surface area contributed by atoms with Gasteiger partial charge in [-0.05, 0) is 30.5 Å². The molecule has 3 rings (SSSR count). The second-order valence-corrected chi connectivity index (χ2v) is 8.73. The number of carbonyl (C=O) groups excluding carboxylic acids is 1. The number of sulfonamides is 1.